The van der Waals surface area contributed by atoms with E-state index in [1.54, 1.807) is 30.0 Å². The van der Waals surface area contributed by atoms with Gasteiger partial charge >= 0.3 is 0 Å². The molecule has 2 rings (SSSR count). The third-order valence-corrected chi connectivity index (χ3v) is 5.00. The molecule has 0 radical (unpaired) electrons. The molecule has 7 heteroatoms. The van der Waals surface area contributed by atoms with Gasteiger partial charge in [0.25, 0.3) is 0 Å². The van der Waals surface area contributed by atoms with Crippen molar-refractivity contribution in [3.63, 3.8) is 0 Å². The van der Waals surface area contributed by atoms with Gasteiger partial charge in [0, 0.05) is 24.2 Å². The molecule has 114 valence electrons. The molecule has 2 N–H and O–H groups in total. The first-order valence-electron chi connectivity index (χ1n) is 6.70. The summed E-state index contributed by atoms with van der Waals surface area (Å²) in [5.41, 5.74) is 0.775. The standard InChI is InChI=1S/C14H19N3O2S2/c1-3-15-14-7-4-11-10-12(5-6-13(11)17-14)21(18,19)16-8-9-20-2/h4-7,10,16H,3,8-9H2,1-2H3,(H,15,17). The van der Waals surface area contributed by atoms with Crippen molar-refractivity contribution in [3.05, 3.63) is 30.3 Å². The summed E-state index contributed by atoms with van der Waals surface area (Å²) in [6.07, 6.45) is 1.94. The van der Waals surface area contributed by atoms with E-state index in [-0.39, 0.29) is 4.90 Å². The Morgan fingerprint density at radius 1 is 1.24 bits per heavy atom. The van der Waals surface area contributed by atoms with Crippen molar-refractivity contribution in [3.8, 4) is 0 Å². The van der Waals surface area contributed by atoms with E-state index in [1.807, 2.05) is 25.3 Å². The minimum Gasteiger partial charge on any atom is -0.370 e. The zero-order chi connectivity index (χ0) is 15.3. The van der Waals surface area contributed by atoms with Gasteiger partial charge < -0.3 is 5.32 Å². The lowest BCUT2D eigenvalue weighted by molar-refractivity contribution is 0.584. The summed E-state index contributed by atoms with van der Waals surface area (Å²) < 4.78 is 26.9. The fraction of sp³-hybridized carbons (Fsp3) is 0.357. The van der Waals surface area contributed by atoms with Crippen LogP contribution in [0.1, 0.15) is 6.92 Å². The average Bonchev–Trinajstić information content (AvgIpc) is 2.47. The highest BCUT2D eigenvalue weighted by molar-refractivity contribution is 7.98. The highest BCUT2D eigenvalue weighted by Crippen LogP contribution is 2.19. The largest absolute Gasteiger partial charge is 0.370 e. The molecular weight excluding hydrogens is 306 g/mol. The van der Waals surface area contributed by atoms with Crippen molar-refractivity contribution in [2.24, 2.45) is 0 Å². The molecule has 0 aliphatic rings. The molecular formula is C14H19N3O2S2. The Morgan fingerprint density at radius 3 is 2.76 bits per heavy atom. The van der Waals surface area contributed by atoms with Gasteiger partial charge in [-0.1, -0.05) is 0 Å². The van der Waals surface area contributed by atoms with Gasteiger partial charge in [-0.25, -0.2) is 18.1 Å². The second-order valence-electron chi connectivity index (χ2n) is 4.47. The Hall–Kier alpha value is -1.31. The predicted octanol–water partition coefficient (Wildman–Crippen LogP) is 2.31. The molecule has 0 aliphatic carbocycles. The fourth-order valence-corrected chi connectivity index (χ4v) is 3.41. The number of benzene rings is 1. The number of rotatable bonds is 7. The van der Waals surface area contributed by atoms with Crippen molar-refractivity contribution in [2.45, 2.75) is 11.8 Å². The van der Waals surface area contributed by atoms with Crippen LogP contribution in [0.15, 0.2) is 35.2 Å². The summed E-state index contributed by atoms with van der Waals surface area (Å²) >= 11 is 1.60. The van der Waals surface area contributed by atoms with Crippen molar-refractivity contribution in [1.29, 1.82) is 0 Å². The summed E-state index contributed by atoms with van der Waals surface area (Å²) in [6, 6.07) is 8.70. The first-order chi connectivity index (χ1) is 10.1. The van der Waals surface area contributed by atoms with E-state index >= 15 is 0 Å². The van der Waals surface area contributed by atoms with Gasteiger partial charge in [-0.2, -0.15) is 11.8 Å². The van der Waals surface area contributed by atoms with Crippen molar-refractivity contribution < 1.29 is 8.42 Å². The van der Waals surface area contributed by atoms with E-state index in [4.69, 9.17) is 0 Å². The van der Waals surface area contributed by atoms with Crippen LogP contribution in [0.3, 0.4) is 0 Å². The van der Waals surface area contributed by atoms with Crippen LogP contribution in [0.25, 0.3) is 10.9 Å². The molecule has 0 saturated heterocycles. The Morgan fingerprint density at radius 2 is 2.05 bits per heavy atom. The lowest BCUT2D eigenvalue weighted by Gasteiger charge is -2.08. The number of pyridine rings is 1. The lowest BCUT2D eigenvalue weighted by Crippen LogP contribution is -2.25. The van der Waals surface area contributed by atoms with E-state index in [0.29, 0.717) is 6.54 Å². The minimum absolute atomic E-state index is 0.272. The number of aromatic nitrogens is 1. The Bertz CT molecular complexity index is 717. The molecule has 0 amide bonds. The van der Waals surface area contributed by atoms with Crippen molar-refractivity contribution in [1.82, 2.24) is 9.71 Å². The third kappa shape index (κ3) is 4.09. The maximum absolute atomic E-state index is 12.2. The molecule has 2 aromatic rings. The Kier molecular flexibility index (Phi) is 5.44. The summed E-state index contributed by atoms with van der Waals surface area (Å²) in [5, 5.41) is 3.94. The number of hydrogen-bond acceptors (Lipinski definition) is 5. The van der Waals surface area contributed by atoms with Crippen molar-refractivity contribution in [2.75, 3.05) is 30.4 Å². The average molecular weight is 325 g/mol. The van der Waals surface area contributed by atoms with Gasteiger partial charge in [0.1, 0.15) is 5.82 Å². The fourth-order valence-electron chi connectivity index (χ4n) is 1.91. The zero-order valence-electron chi connectivity index (χ0n) is 12.1. The number of hydrogen-bond donors (Lipinski definition) is 2. The third-order valence-electron chi connectivity index (χ3n) is 2.93. The van der Waals surface area contributed by atoms with Gasteiger partial charge in [-0.15, -0.1) is 0 Å². The van der Waals surface area contributed by atoms with Crippen LogP contribution in [-0.4, -0.2) is 38.5 Å². The normalized spacial score (nSPS) is 11.7. The van der Waals surface area contributed by atoms with Gasteiger partial charge in [0.2, 0.25) is 10.0 Å². The quantitative estimate of drug-likeness (QED) is 0.764. The van der Waals surface area contributed by atoms with E-state index in [0.717, 1.165) is 29.0 Å². The van der Waals surface area contributed by atoms with Gasteiger partial charge in [-0.05, 0) is 43.5 Å². The van der Waals surface area contributed by atoms with Crippen LogP contribution in [0.4, 0.5) is 5.82 Å². The molecule has 0 bridgehead atoms. The number of anilines is 1. The molecule has 0 saturated carbocycles. The Balaban J connectivity index is 2.28. The molecule has 1 aromatic carbocycles. The molecule has 0 unspecified atom stereocenters. The molecule has 0 fully saturated rings. The van der Waals surface area contributed by atoms with Crippen LogP contribution in [0.5, 0.6) is 0 Å². The summed E-state index contributed by atoms with van der Waals surface area (Å²) in [7, 11) is -3.45. The summed E-state index contributed by atoms with van der Waals surface area (Å²) in [4.78, 5) is 4.71. The second kappa shape index (κ2) is 7.11. The number of nitrogens with one attached hydrogen (secondary N) is 2. The monoisotopic (exact) mass is 325 g/mol. The van der Waals surface area contributed by atoms with Crippen LogP contribution in [0.2, 0.25) is 0 Å². The van der Waals surface area contributed by atoms with Gasteiger partial charge in [0.05, 0.1) is 10.4 Å². The van der Waals surface area contributed by atoms with E-state index in [1.165, 1.54) is 0 Å². The zero-order valence-corrected chi connectivity index (χ0v) is 13.7. The molecule has 0 spiro atoms. The summed E-state index contributed by atoms with van der Waals surface area (Å²) in [6.45, 7) is 3.23. The number of nitrogens with zero attached hydrogens (tertiary/aromatic N) is 1. The SMILES string of the molecule is CCNc1ccc2cc(S(=O)(=O)NCCSC)ccc2n1. The first kappa shape index (κ1) is 16.1. The van der Waals surface area contributed by atoms with Gasteiger partial charge in [0.15, 0.2) is 0 Å². The van der Waals surface area contributed by atoms with E-state index < -0.39 is 10.0 Å². The maximum Gasteiger partial charge on any atom is 0.240 e. The lowest BCUT2D eigenvalue weighted by atomic mass is 10.2. The van der Waals surface area contributed by atoms with Crippen LogP contribution < -0.4 is 10.0 Å². The van der Waals surface area contributed by atoms with E-state index in [2.05, 4.69) is 15.0 Å². The topological polar surface area (TPSA) is 71.1 Å². The molecule has 1 heterocycles. The number of fused-ring (bicyclic) bond motifs is 1. The Labute approximate surface area is 129 Å². The highest BCUT2D eigenvalue weighted by atomic mass is 32.2. The minimum atomic E-state index is -3.45. The highest BCUT2D eigenvalue weighted by Gasteiger charge is 2.13. The molecule has 0 atom stereocenters. The summed E-state index contributed by atoms with van der Waals surface area (Å²) in [5.74, 6) is 1.54. The first-order valence-corrected chi connectivity index (χ1v) is 9.58. The predicted molar refractivity (Wildman–Crippen MR) is 89.5 cm³/mol. The van der Waals surface area contributed by atoms with E-state index in [9.17, 15) is 8.42 Å². The molecule has 5 nitrogen and oxygen atoms in total. The molecule has 21 heavy (non-hydrogen) atoms. The van der Waals surface area contributed by atoms with Crippen LogP contribution in [0, 0.1) is 0 Å². The molecule has 1 aromatic heterocycles. The van der Waals surface area contributed by atoms with Gasteiger partial charge in [-0.3, -0.25) is 0 Å². The number of thioether (sulfide) groups is 1. The van der Waals surface area contributed by atoms with Crippen molar-refractivity contribution >= 4 is 38.5 Å². The number of sulfonamides is 1. The maximum atomic E-state index is 12.2. The smallest absolute Gasteiger partial charge is 0.240 e. The molecule has 0 aliphatic heterocycles. The second-order valence-corrected chi connectivity index (χ2v) is 7.22. The van der Waals surface area contributed by atoms with Crippen LogP contribution >= 0.6 is 11.8 Å². The van der Waals surface area contributed by atoms with Crippen LogP contribution in [-0.2, 0) is 10.0 Å².